The first-order valence-corrected chi connectivity index (χ1v) is 9.68. The Hall–Kier alpha value is -3.46. The molecule has 4 rings (SSSR count). The molecule has 29 heavy (non-hydrogen) atoms. The lowest BCUT2D eigenvalue weighted by molar-refractivity contribution is 0.0451. The molecule has 3 aromatic heterocycles. The van der Waals surface area contributed by atoms with Crippen molar-refractivity contribution in [2.45, 2.75) is 20.5 Å². The van der Waals surface area contributed by atoms with Crippen LogP contribution in [0.15, 0.2) is 36.5 Å². The summed E-state index contributed by atoms with van der Waals surface area (Å²) in [5, 5.41) is 5.15. The number of carbonyl (C=O) groups is 1. The maximum absolute atomic E-state index is 12.6. The summed E-state index contributed by atoms with van der Waals surface area (Å²) in [6.45, 7) is 3.88. The van der Waals surface area contributed by atoms with Crippen molar-refractivity contribution in [3.63, 3.8) is 0 Å². The molecule has 9 heteroatoms. The molecule has 0 amide bonds. The third-order valence-corrected chi connectivity index (χ3v) is 5.65. The average Bonchev–Trinajstić information content (AvgIpc) is 3.28. The number of nitrogens with zero attached hydrogens (tertiary/aromatic N) is 4. The highest BCUT2D eigenvalue weighted by Crippen LogP contribution is 2.32. The highest BCUT2D eigenvalue weighted by atomic mass is 32.1. The Morgan fingerprint density at radius 3 is 2.69 bits per heavy atom. The van der Waals surface area contributed by atoms with Crippen molar-refractivity contribution in [2.75, 3.05) is 12.8 Å². The lowest BCUT2D eigenvalue weighted by Gasteiger charge is -2.05. The van der Waals surface area contributed by atoms with E-state index < -0.39 is 5.97 Å². The number of anilines is 1. The number of hydrogen-bond donors (Lipinski definition) is 1. The molecule has 3 heterocycles. The van der Waals surface area contributed by atoms with Crippen LogP contribution >= 0.6 is 11.3 Å². The van der Waals surface area contributed by atoms with Gasteiger partial charge in [0.15, 0.2) is 18.2 Å². The van der Waals surface area contributed by atoms with E-state index in [0.29, 0.717) is 17.4 Å². The SMILES string of the molecule is COc1cn(-c2ccccc2)nc1C(=O)OCc1nc(N)c2c(C)c(C)sc2n1. The van der Waals surface area contributed by atoms with Crippen LogP contribution in [-0.4, -0.2) is 32.8 Å². The van der Waals surface area contributed by atoms with Gasteiger partial charge in [-0.3, -0.25) is 0 Å². The Kier molecular flexibility index (Phi) is 4.89. The molecule has 2 N–H and O–H groups in total. The summed E-state index contributed by atoms with van der Waals surface area (Å²) in [4.78, 5) is 23.2. The molecular formula is C20H19N5O3S. The minimum atomic E-state index is -0.627. The summed E-state index contributed by atoms with van der Waals surface area (Å²) in [6, 6.07) is 9.41. The molecule has 1 aromatic carbocycles. The third kappa shape index (κ3) is 3.52. The number of nitrogens with two attached hydrogens (primary N) is 1. The molecule has 0 saturated carbocycles. The predicted molar refractivity (Wildman–Crippen MR) is 111 cm³/mol. The smallest absolute Gasteiger partial charge is 0.363 e. The lowest BCUT2D eigenvalue weighted by Crippen LogP contribution is -2.10. The van der Waals surface area contributed by atoms with Crippen molar-refractivity contribution >= 4 is 33.3 Å². The van der Waals surface area contributed by atoms with Gasteiger partial charge in [-0.15, -0.1) is 11.3 Å². The third-order valence-electron chi connectivity index (χ3n) is 4.55. The molecule has 0 radical (unpaired) electrons. The molecule has 0 bridgehead atoms. The van der Waals surface area contributed by atoms with Crippen molar-refractivity contribution in [1.82, 2.24) is 19.7 Å². The minimum Gasteiger partial charge on any atom is -0.493 e. The summed E-state index contributed by atoms with van der Waals surface area (Å²) in [6.07, 6.45) is 1.63. The van der Waals surface area contributed by atoms with Gasteiger partial charge in [-0.25, -0.2) is 19.4 Å². The molecule has 0 aliphatic carbocycles. The van der Waals surface area contributed by atoms with Gasteiger partial charge < -0.3 is 15.2 Å². The van der Waals surface area contributed by atoms with Gasteiger partial charge in [-0.1, -0.05) is 18.2 Å². The summed E-state index contributed by atoms with van der Waals surface area (Å²) in [5.74, 6) is 0.413. The van der Waals surface area contributed by atoms with Crippen LogP contribution in [0.2, 0.25) is 0 Å². The lowest BCUT2D eigenvalue weighted by atomic mass is 10.2. The fraction of sp³-hybridized carbons (Fsp3) is 0.200. The van der Waals surface area contributed by atoms with Crippen LogP contribution in [-0.2, 0) is 11.3 Å². The minimum absolute atomic E-state index is 0.0771. The van der Waals surface area contributed by atoms with Gasteiger partial charge >= 0.3 is 5.97 Å². The Bertz CT molecular complexity index is 1200. The van der Waals surface area contributed by atoms with E-state index in [-0.39, 0.29) is 12.3 Å². The Labute approximate surface area is 170 Å². The van der Waals surface area contributed by atoms with Crippen LogP contribution in [0.25, 0.3) is 15.9 Å². The van der Waals surface area contributed by atoms with Crippen molar-refractivity contribution < 1.29 is 14.3 Å². The van der Waals surface area contributed by atoms with E-state index in [0.717, 1.165) is 26.3 Å². The molecule has 0 aliphatic rings. The normalized spacial score (nSPS) is 11.0. The van der Waals surface area contributed by atoms with Gasteiger partial charge in [0.05, 0.1) is 24.4 Å². The summed E-state index contributed by atoms with van der Waals surface area (Å²) < 4.78 is 12.2. The van der Waals surface area contributed by atoms with Crippen molar-refractivity contribution in [1.29, 1.82) is 0 Å². The molecule has 0 atom stereocenters. The average molecular weight is 409 g/mol. The van der Waals surface area contributed by atoms with E-state index in [2.05, 4.69) is 15.1 Å². The number of aromatic nitrogens is 4. The van der Waals surface area contributed by atoms with Crippen LogP contribution in [0.3, 0.4) is 0 Å². The van der Waals surface area contributed by atoms with Gasteiger partial charge in [-0.05, 0) is 31.5 Å². The maximum Gasteiger partial charge on any atom is 0.363 e. The van der Waals surface area contributed by atoms with Crippen LogP contribution in [0, 0.1) is 13.8 Å². The van der Waals surface area contributed by atoms with Crippen LogP contribution in [0.4, 0.5) is 5.82 Å². The molecule has 4 aromatic rings. The molecule has 0 unspecified atom stereocenters. The number of carbonyl (C=O) groups excluding carboxylic acids is 1. The Balaban J connectivity index is 1.56. The molecule has 0 aliphatic heterocycles. The number of aryl methyl sites for hydroxylation is 2. The number of methoxy groups -OCH3 is 1. The zero-order chi connectivity index (χ0) is 20.5. The zero-order valence-corrected chi connectivity index (χ0v) is 17.0. The number of thiophene rings is 1. The Morgan fingerprint density at radius 1 is 1.21 bits per heavy atom. The van der Waals surface area contributed by atoms with E-state index >= 15 is 0 Å². The second-order valence-electron chi connectivity index (χ2n) is 6.39. The summed E-state index contributed by atoms with van der Waals surface area (Å²) in [5.41, 5.74) is 8.03. The molecule has 0 fully saturated rings. The zero-order valence-electron chi connectivity index (χ0n) is 16.2. The number of rotatable bonds is 5. The summed E-state index contributed by atoms with van der Waals surface area (Å²) in [7, 11) is 1.47. The van der Waals surface area contributed by atoms with Gasteiger partial charge in [0.2, 0.25) is 5.69 Å². The second-order valence-corrected chi connectivity index (χ2v) is 7.59. The van der Waals surface area contributed by atoms with Crippen LogP contribution < -0.4 is 10.5 Å². The first-order valence-electron chi connectivity index (χ1n) is 8.86. The number of hydrogen-bond acceptors (Lipinski definition) is 8. The van der Waals surface area contributed by atoms with E-state index in [9.17, 15) is 4.79 Å². The second kappa shape index (κ2) is 7.51. The highest BCUT2D eigenvalue weighted by molar-refractivity contribution is 7.18. The predicted octanol–water partition coefficient (Wildman–Crippen LogP) is 3.44. The summed E-state index contributed by atoms with van der Waals surface area (Å²) >= 11 is 1.54. The van der Waals surface area contributed by atoms with Gasteiger partial charge in [0.25, 0.3) is 0 Å². The van der Waals surface area contributed by atoms with E-state index in [4.69, 9.17) is 15.2 Å². The molecule has 0 spiro atoms. The Morgan fingerprint density at radius 2 is 1.97 bits per heavy atom. The quantitative estimate of drug-likeness (QED) is 0.503. The molecule has 0 saturated heterocycles. The largest absolute Gasteiger partial charge is 0.493 e. The molecule has 148 valence electrons. The van der Waals surface area contributed by atoms with E-state index in [1.165, 1.54) is 18.4 Å². The standard InChI is InChI=1S/C20H19N5O3S/c1-11-12(2)29-19-16(11)18(21)22-15(23-19)10-28-20(26)17-14(27-3)9-25(24-17)13-7-5-4-6-8-13/h4-9H,10H2,1-3H3,(H2,21,22,23). The molecular weight excluding hydrogens is 390 g/mol. The van der Waals surface area contributed by atoms with Crippen LogP contribution in [0.1, 0.15) is 26.8 Å². The number of para-hydroxylation sites is 1. The fourth-order valence-corrected chi connectivity index (χ4v) is 4.01. The van der Waals surface area contributed by atoms with Crippen molar-refractivity contribution in [3.8, 4) is 11.4 Å². The highest BCUT2D eigenvalue weighted by Gasteiger charge is 2.21. The van der Waals surface area contributed by atoms with Crippen molar-refractivity contribution in [3.05, 3.63) is 58.5 Å². The van der Waals surface area contributed by atoms with Gasteiger partial charge in [-0.2, -0.15) is 5.10 Å². The van der Waals surface area contributed by atoms with Crippen molar-refractivity contribution in [2.24, 2.45) is 0 Å². The maximum atomic E-state index is 12.6. The first kappa shape index (κ1) is 18.9. The fourth-order valence-electron chi connectivity index (χ4n) is 2.95. The number of ether oxygens (including phenoxy) is 2. The van der Waals surface area contributed by atoms with E-state index in [1.54, 1.807) is 10.9 Å². The number of esters is 1. The topological polar surface area (TPSA) is 105 Å². The van der Waals surface area contributed by atoms with E-state index in [1.807, 2.05) is 44.2 Å². The molecule has 8 nitrogen and oxygen atoms in total. The van der Waals surface area contributed by atoms with Gasteiger partial charge in [0, 0.05) is 4.88 Å². The monoisotopic (exact) mass is 409 g/mol. The van der Waals surface area contributed by atoms with Crippen LogP contribution in [0.5, 0.6) is 5.75 Å². The number of nitrogen functional groups attached to an aromatic ring is 1. The number of fused-ring (bicyclic) bond motifs is 1. The first-order chi connectivity index (χ1) is 14.0. The van der Waals surface area contributed by atoms with Gasteiger partial charge in [0.1, 0.15) is 10.6 Å². The number of benzene rings is 1.